The number of hydrogen-bond acceptors (Lipinski definition) is 6. The van der Waals surface area contributed by atoms with Gasteiger partial charge in [-0.1, -0.05) is 11.6 Å². The van der Waals surface area contributed by atoms with Crippen molar-refractivity contribution in [2.24, 2.45) is 0 Å². The number of anilines is 2. The van der Waals surface area contributed by atoms with Crippen molar-refractivity contribution in [3.8, 4) is 0 Å². The number of likely N-dealkylation sites (N-methyl/N-ethyl adjacent to an activating group) is 1. The minimum atomic E-state index is -4.96. The Balaban J connectivity index is 1.71. The maximum absolute atomic E-state index is 15.0. The number of alkyl halides is 3. The van der Waals surface area contributed by atoms with Crippen LogP contribution in [0.15, 0.2) is 36.4 Å². The van der Waals surface area contributed by atoms with Crippen LogP contribution >= 0.6 is 11.6 Å². The van der Waals surface area contributed by atoms with Gasteiger partial charge in [0.05, 0.1) is 5.02 Å². The zero-order valence-electron chi connectivity index (χ0n) is 23.8. The molecule has 0 bridgehead atoms. The number of carbonyl (C=O) groups is 2. The van der Waals surface area contributed by atoms with Crippen LogP contribution in [-0.4, -0.2) is 73.1 Å². The van der Waals surface area contributed by atoms with Gasteiger partial charge in [-0.25, -0.2) is 8.78 Å². The molecule has 8 nitrogen and oxygen atoms in total. The van der Waals surface area contributed by atoms with E-state index in [1.54, 1.807) is 0 Å². The molecule has 2 aliphatic rings. The number of hydrogen-bond donors (Lipinski definition) is 1. The van der Waals surface area contributed by atoms with Crippen molar-refractivity contribution in [1.29, 1.82) is 0 Å². The summed E-state index contributed by atoms with van der Waals surface area (Å²) in [5, 5.41) is 8.50. The van der Waals surface area contributed by atoms with Gasteiger partial charge >= 0.3 is 179 Å². The van der Waals surface area contributed by atoms with E-state index in [1.165, 1.54) is 13.8 Å². The van der Waals surface area contributed by atoms with Gasteiger partial charge in [-0.3, -0.25) is 0 Å². The minimum Gasteiger partial charge on any atom is -0.205 e. The van der Waals surface area contributed by atoms with Crippen molar-refractivity contribution < 1.29 is 50.2 Å². The van der Waals surface area contributed by atoms with Crippen LogP contribution in [0.1, 0.15) is 29.2 Å². The first kappa shape index (κ1) is 25.5. The fourth-order valence-electron chi connectivity index (χ4n) is 4.81. The quantitative estimate of drug-likeness (QED) is 0.257. The van der Waals surface area contributed by atoms with Crippen LogP contribution in [0.3, 0.4) is 0 Å². The van der Waals surface area contributed by atoms with Crippen molar-refractivity contribution >= 4 is 65.9 Å². The van der Waals surface area contributed by atoms with Crippen molar-refractivity contribution in [2.45, 2.75) is 44.1 Å². The first-order valence-electron chi connectivity index (χ1n) is 13.1. The predicted molar refractivity (Wildman–Crippen MR) is 138 cm³/mol. The fourth-order valence-corrected chi connectivity index (χ4v) is 5.19. The van der Waals surface area contributed by atoms with E-state index in [-0.39, 0.29) is 22.2 Å². The van der Waals surface area contributed by atoms with Crippen molar-refractivity contribution in [1.82, 2.24) is 4.98 Å². The van der Waals surface area contributed by atoms with Crippen LogP contribution < -0.4 is 9.80 Å². The van der Waals surface area contributed by atoms with Gasteiger partial charge in [-0.2, -0.15) is 0 Å². The number of pyridine rings is 1. The maximum atomic E-state index is 15.0. The van der Waals surface area contributed by atoms with Crippen LogP contribution in [0.5, 0.6) is 0 Å². The Labute approximate surface area is 246 Å². The van der Waals surface area contributed by atoms with Gasteiger partial charge in [0.2, 0.25) is 0 Å². The van der Waals surface area contributed by atoms with E-state index >= 15 is 0 Å². The summed E-state index contributed by atoms with van der Waals surface area (Å²) in [6.07, 6.45) is -7.98. The Morgan fingerprint density at radius 1 is 1.20 bits per heavy atom. The molecule has 0 saturated carbocycles. The van der Waals surface area contributed by atoms with E-state index in [2.05, 4.69) is 20.6 Å². The Morgan fingerprint density at radius 3 is 2.54 bits per heavy atom. The molecular formula is C26H19ClF5N3O5Se. The summed E-state index contributed by atoms with van der Waals surface area (Å²) >= 11 is 7.94. The molecule has 3 heterocycles. The average Bonchev–Trinajstić information content (AvgIpc) is 3.34. The van der Waals surface area contributed by atoms with E-state index in [0.717, 1.165) is 18.2 Å². The number of rotatable bonds is 4. The monoisotopic (exact) mass is 666 g/mol. The van der Waals surface area contributed by atoms with Crippen LogP contribution in [-0.2, 0) is 25.2 Å². The number of aliphatic hydroxyl groups is 1. The van der Waals surface area contributed by atoms with Crippen LogP contribution in [0, 0.1) is 11.6 Å². The average molecular weight is 666 g/mol. The van der Waals surface area contributed by atoms with Gasteiger partial charge in [0.25, 0.3) is 0 Å². The molecule has 41 heavy (non-hydrogen) atoms. The zero-order valence-corrected chi connectivity index (χ0v) is 23.3. The van der Waals surface area contributed by atoms with E-state index in [0.29, 0.717) is 17.0 Å². The van der Waals surface area contributed by atoms with Crippen LogP contribution in [0.4, 0.5) is 33.3 Å². The number of aliphatic hydroxyl groups excluding tert-OH is 1. The van der Waals surface area contributed by atoms with E-state index < -0.39 is 92.6 Å². The first-order chi connectivity index (χ1) is 20.2. The number of fused-ring (bicyclic) bond motifs is 2. The second-order valence-electron chi connectivity index (χ2n) is 9.62. The van der Waals surface area contributed by atoms with Gasteiger partial charge in [0, 0.05) is 10.2 Å². The van der Waals surface area contributed by atoms with Crippen molar-refractivity contribution in [3.63, 3.8) is 0 Å². The van der Waals surface area contributed by atoms with Crippen molar-refractivity contribution in [2.75, 3.05) is 16.8 Å². The SMILES string of the molecule is [2H]C([2H])([2H])N(C(=O)[C@@H]1[C@@H]2OC(C)(C)O[C@@H]2C(=O)N1c1ccc2nc(C(O)=[Se])cc(C(F)(F)F)c2c1)c1cc(Cl)c(F)cc1F. The topological polar surface area (TPSA) is 92.2 Å². The van der Waals surface area contributed by atoms with Gasteiger partial charge in [0.1, 0.15) is 11.6 Å². The van der Waals surface area contributed by atoms with Crippen molar-refractivity contribution in [3.05, 3.63) is 64.3 Å². The van der Waals surface area contributed by atoms with E-state index in [1.807, 2.05) is 0 Å². The van der Waals surface area contributed by atoms with E-state index in [4.69, 9.17) is 25.2 Å². The molecule has 3 aromatic rings. The van der Waals surface area contributed by atoms with Gasteiger partial charge in [0.15, 0.2) is 0 Å². The number of nitrogens with zero attached hydrogens (tertiary/aromatic N) is 3. The molecule has 0 spiro atoms. The zero-order chi connectivity index (χ0) is 32.7. The molecule has 2 saturated heterocycles. The standard InChI is InChI=1S/C26H19ClF5N3O5Se/c1-25(2)39-20-19(22(36)34(3)18-8-13(27)14(28)9-15(18)29)35(23(37)21(20)40-25)10-4-5-16-11(6-10)12(26(30,31)32)7-17(33-16)24(38)41/h4-9,19-21H,1-3H3,(H,38,41)/t19-,20-,21-/m0/s1/i3D3. The summed E-state index contributed by atoms with van der Waals surface area (Å²) in [5.41, 5.74) is -3.14. The molecule has 0 unspecified atom stereocenters. The molecule has 5 rings (SSSR count). The summed E-state index contributed by atoms with van der Waals surface area (Å²) in [5.74, 6) is -6.57. The number of benzene rings is 2. The van der Waals surface area contributed by atoms with E-state index in [9.17, 15) is 36.6 Å². The van der Waals surface area contributed by atoms with Gasteiger partial charge < -0.3 is 0 Å². The second-order valence-corrected chi connectivity index (χ2v) is 10.8. The molecule has 2 fully saturated rings. The first-order valence-corrected chi connectivity index (χ1v) is 12.9. The number of ether oxygens (including phenoxy) is 2. The number of carbonyl (C=O) groups excluding carboxylic acids is 2. The smallest absolute Gasteiger partial charge is 0.205 e. The summed E-state index contributed by atoms with van der Waals surface area (Å²) in [7, 11) is 0. The second kappa shape index (κ2) is 9.99. The molecule has 2 aliphatic heterocycles. The van der Waals surface area contributed by atoms with Crippen LogP contribution in [0.25, 0.3) is 10.9 Å². The molecule has 3 atom stereocenters. The molecule has 15 heteroatoms. The summed E-state index contributed by atoms with van der Waals surface area (Å²) in [6, 6.07) is 2.67. The third-order valence-electron chi connectivity index (χ3n) is 6.50. The Morgan fingerprint density at radius 2 is 1.90 bits per heavy atom. The third kappa shape index (κ3) is 5.08. The summed E-state index contributed by atoms with van der Waals surface area (Å²) < 4.78 is 106. The normalized spacial score (nSPS) is 23.2. The third-order valence-corrected chi connectivity index (χ3v) is 7.23. The number of amides is 2. The molecule has 1 N–H and O–H groups in total. The molecule has 2 aromatic carbocycles. The number of aromatic nitrogens is 1. The van der Waals surface area contributed by atoms with Gasteiger partial charge in [-0.05, 0) is 19.9 Å². The molecule has 2 amide bonds. The Hall–Kier alpha value is -3.16. The Bertz CT molecular complexity index is 1740. The molecule has 1 aromatic heterocycles. The number of halogens is 6. The Kier molecular flexibility index (Phi) is 6.22. The minimum absolute atomic E-state index is 0.00203. The molecule has 0 aliphatic carbocycles. The fraction of sp³-hybridized carbons (Fsp3) is 0.308. The summed E-state index contributed by atoms with van der Waals surface area (Å²) in [4.78, 5) is 32.5. The van der Waals surface area contributed by atoms with Crippen LogP contribution in [0.2, 0.25) is 5.02 Å². The molecule has 0 radical (unpaired) electrons. The summed E-state index contributed by atoms with van der Waals surface area (Å²) in [6.45, 7) is -0.598. The predicted octanol–water partition coefficient (Wildman–Crippen LogP) is 4.10. The van der Waals surface area contributed by atoms with Gasteiger partial charge in [-0.15, -0.1) is 0 Å². The molecular weight excluding hydrogens is 644 g/mol. The molecule has 216 valence electrons.